The van der Waals surface area contributed by atoms with Crippen molar-refractivity contribution in [1.29, 1.82) is 0 Å². The Balaban J connectivity index is 1.71. The molecule has 3 rings (SSSR count). The van der Waals surface area contributed by atoms with Crippen LogP contribution in [-0.2, 0) is 4.74 Å². The molecule has 0 aromatic heterocycles. The van der Waals surface area contributed by atoms with Crippen molar-refractivity contribution in [3.05, 3.63) is 23.8 Å². The smallest absolute Gasteiger partial charge is 0.319 e. The molecule has 0 atom stereocenters. The van der Waals surface area contributed by atoms with Crippen molar-refractivity contribution in [2.75, 3.05) is 43.6 Å². The molecule has 1 aliphatic carbocycles. The van der Waals surface area contributed by atoms with Crippen LogP contribution in [0.25, 0.3) is 0 Å². The van der Waals surface area contributed by atoms with Gasteiger partial charge >= 0.3 is 6.03 Å². The van der Waals surface area contributed by atoms with Crippen LogP contribution in [0.2, 0.25) is 0 Å². The molecule has 2 aliphatic rings. The Bertz CT molecular complexity index is 710. The number of benzene rings is 1. The molecule has 166 valence electrons. The van der Waals surface area contributed by atoms with E-state index in [2.05, 4.69) is 27.8 Å². The van der Waals surface area contributed by atoms with Crippen molar-refractivity contribution in [3.8, 4) is 0 Å². The van der Waals surface area contributed by atoms with Crippen LogP contribution >= 0.6 is 0 Å². The number of nitrogens with zero attached hydrogens (tertiary/aromatic N) is 1. The average Bonchev–Trinajstić information content (AvgIpc) is 2.75. The maximum absolute atomic E-state index is 12.9. The SMILES string of the molecule is COCCNC(=O)c1cc(NC(=O)NC2CCCCC2)ccc1N1CCC(C)CC1. The highest BCUT2D eigenvalue weighted by Crippen LogP contribution is 2.29. The van der Waals surface area contributed by atoms with Crippen LogP contribution in [0.5, 0.6) is 0 Å². The van der Waals surface area contributed by atoms with Gasteiger partial charge in [0.05, 0.1) is 12.2 Å². The zero-order valence-corrected chi connectivity index (χ0v) is 18.3. The lowest BCUT2D eigenvalue weighted by atomic mass is 9.96. The maximum Gasteiger partial charge on any atom is 0.319 e. The first-order valence-electron chi connectivity index (χ1n) is 11.3. The Morgan fingerprint density at radius 1 is 1.10 bits per heavy atom. The number of hydrogen-bond donors (Lipinski definition) is 3. The molecule has 1 saturated carbocycles. The number of carbonyl (C=O) groups excluding carboxylic acids is 2. The number of amides is 3. The number of nitrogens with one attached hydrogen (secondary N) is 3. The molecule has 1 aromatic carbocycles. The van der Waals surface area contributed by atoms with E-state index in [1.165, 1.54) is 19.3 Å². The van der Waals surface area contributed by atoms with E-state index >= 15 is 0 Å². The van der Waals surface area contributed by atoms with E-state index in [1.54, 1.807) is 13.2 Å². The van der Waals surface area contributed by atoms with Gasteiger partial charge in [0.25, 0.3) is 5.91 Å². The summed E-state index contributed by atoms with van der Waals surface area (Å²) in [4.78, 5) is 27.6. The van der Waals surface area contributed by atoms with Crippen molar-refractivity contribution in [2.24, 2.45) is 5.92 Å². The van der Waals surface area contributed by atoms with Crippen LogP contribution in [-0.4, -0.2) is 51.3 Å². The van der Waals surface area contributed by atoms with Crippen molar-refractivity contribution in [3.63, 3.8) is 0 Å². The van der Waals surface area contributed by atoms with Crippen molar-refractivity contribution < 1.29 is 14.3 Å². The predicted molar refractivity (Wildman–Crippen MR) is 120 cm³/mol. The molecular formula is C23H36N4O3. The number of urea groups is 1. The number of methoxy groups -OCH3 is 1. The van der Waals surface area contributed by atoms with Gasteiger partial charge in [0, 0.05) is 44.2 Å². The standard InChI is InChI=1S/C23H36N4O3/c1-17-10-13-27(14-11-17)21-9-8-19(16-20(21)22(28)24-12-15-30-2)26-23(29)25-18-6-4-3-5-7-18/h8-9,16-18H,3-7,10-15H2,1-2H3,(H,24,28)(H2,25,26,29). The molecule has 7 heteroatoms. The van der Waals surface area contributed by atoms with Gasteiger partial charge in [-0.3, -0.25) is 4.79 Å². The highest BCUT2D eigenvalue weighted by molar-refractivity contribution is 6.02. The van der Waals surface area contributed by atoms with E-state index in [0.717, 1.165) is 44.5 Å². The fourth-order valence-electron chi connectivity index (χ4n) is 4.28. The van der Waals surface area contributed by atoms with Gasteiger partial charge in [-0.25, -0.2) is 4.79 Å². The minimum atomic E-state index is -0.202. The minimum absolute atomic E-state index is 0.142. The van der Waals surface area contributed by atoms with Crippen LogP contribution < -0.4 is 20.9 Å². The Labute approximate surface area is 179 Å². The minimum Gasteiger partial charge on any atom is -0.383 e. The van der Waals surface area contributed by atoms with Gasteiger partial charge in [0.15, 0.2) is 0 Å². The summed E-state index contributed by atoms with van der Waals surface area (Å²) in [7, 11) is 1.61. The molecule has 1 aliphatic heterocycles. The third-order valence-corrected chi connectivity index (χ3v) is 6.16. The van der Waals surface area contributed by atoms with Gasteiger partial charge < -0.3 is 25.6 Å². The van der Waals surface area contributed by atoms with Crippen LogP contribution in [0.3, 0.4) is 0 Å². The molecule has 0 bridgehead atoms. The largest absolute Gasteiger partial charge is 0.383 e. The Morgan fingerprint density at radius 3 is 2.53 bits per heavy atom. The van der Waals surface area contributed by atoms with Crippen molar-refractivity contribution >= 4 is 23.3 Å². The fourth-order valence-corrected chi connectivity index (χ4v) is 4.28. The van der Waals surface area contributed by atoms with E-state index in [-0.39, 0.29) is 18.0 Å². The Kier molecular flexibility index (Phi) is 8.37. The lowest BCUT2D eigenvalue weighted by Gasteiger charge is -2.33. The lowest BCUT2D eigenvalue weighted by Crippen LogP contribution is -2.39. The molecule has 0 unspecified atom stereocenters. The van der Waals surface area contributed by atoms with Gasteiger partial charge in [0.2, 0.25) is 0 Å². The topological polar surface area (TPSA) is 82.7 Å². The second-order valence-electron chi connectivity index (χ2n) is 8.58. The fraction of sp³-hybridized carbons (Fsp3) is 0.652. The summed E-state index contributed by atoms with van der Waals surface area (Å²) in [6, 6.07) is 5.67. The zero-order valence-electron chi connectivity index (χ0n) is 18.3. The zero-order chi connectivity index (χ0) is 21.3. The van der Waals surface area contributed by atoms with Crippen LogP contribution in [0.15, 0.2) is 18.2 Å². The van der Waals surface area contributed by atoms with E-state index in [1.807, 2.05) is 12.1 Å². The highest BCUT2D eigenvalue weighted by Gasteiger charge is 2.22. The van der Waals surface area contributed by atoms with Crippen LogP contribution in [0, 0.1) is 5.92 Å². The van der Waals surface area contributed by atoms with Crippen molar-refractivity contribution in [1.82, 2.24) is 10.6 Å². The van der Waals surface area contributed by atoms with Gasteiger partial charge in [-0.1, -0.05) is 26.2 Å². The molecule has 3 amide bonds. The molecule has 0 spiro atoms. The number of piperidine rings is 1. The van der Waals surface area contributed by atoms with E-state index in [9.17, 15) is 9.59 Å². The molecule has 3 N–H and O–H groups in total. The lowest BCUT2D eigenvalue weighted by molar-refractivity contribution is 0.0937. The molecule has 0 radical (unpaired) electrons. The highest BCUT2D eigenvalue weighted by atomic mass is 16.5. The monoisotopic (exact) mass is 416 g/mol. The molecular weight excluding hydrogens is 380 g/mol. The number of anilines is 2. The molecule has 30 heavy (non-hydrogen) atoms. The van der Waals surface area contributed by atoms with Gasteiger partial charge in [0.1, 0.15) is 0 Å². The van der Waals surface area contributed by atoms with Gasteiger partial charge in [-0.05, 0) is 49.8 Å². The molecule has 1 aromatic rings. The summed E-state index contributed by atoms with van der Waals surface area (Å²) in [5.41, 5.74) is 2.15. The number of rotatable bonds is 7. The van der Waals surface area contributed by atoms with Crippen LogP contribution in [0.4, 0.5) is 16.2 Å². The predicted octanol–water partition coefficient (Wildman–Crippen LogP) is 3.75. The molecule has 7 nitrogen and oxygen atoms in total. The van der Waals surface area contributed by atoms with Crippen LogP contribution in [0.1, 0.15) is 62.2 Å². The maximum atomic E-state index is 12.9. The normalized spacial score (nSPS) is 18.1. The average molecular weight is 417 g/mol. The Hall–Kier alpha value is -2.28. The van der Waals surface area contributed by atoms with E-state index in [4.69, 9.17) is 4.74 Å². The third kappa shape index (κ3) is 6.36. The van der Waals surface area contributed by atoms with Gasteiger partial charge in [-0.2, -0.15) is 0 Å². The molecule has 1 heterocycles. The summed E-state index contributed by atoms with van der Waals surface area (Å²) in [6.45, 7) is 5.06. The second-order valence-corrected chi connectivity index (χ2v) is 8.58. The summed E-state index contributed by atoms with van der Waals surface area (Å²) in [6.07, 6.45) is 7.89. The number of hydrogen-bond acceptors (Lipinski definition) is 4. The second kappa shape index (κ2) is 11.2. The number of carbonyl (C=O) groups is 2. The first-order chi connectivity index (χ1) is 14.6. The third-order valence-electron chi connectivity index (χ3n) is 6.16. The van der Waals surface area contributed by atoms with Crippen molar-refractivity contribution in [2.45, 2.75) is 57.9 Å². The summed E-state index contributed by atoms with van der Waals surface area (Å²) in [5.74, 6) is 0.571. The van der Waals surface area contributed by atoms with E-state index in [0.29, 0.717) is 30.3 Å². The summed E-state index contributed by atoms with van der Waals surface area (Å²) < 4.78 is 5.04. The van der Waals surface area contributed by atoms with Gasteiger partial charge in [-0.15, -0.1) is 0 Å². The van der Waals surface area contributed by atoms with E-state index < -0.39 is 0 Å². The summed E-state index contributed by atoms with van der Waals surface area (Å²) in [5, 5.41) is 8.89. The summed E-state index contributed by atoms with van der Waals surface area (Å²) >= 11 is 0. The Morgan fingerprint density at radius 2 is 1.83 bits per heavy atom. The first-order valence-corrected chi connectivity index (χ1v) is 11.3. The molecule has 1 saturated heterocycles. The number of ether oxygens (including phenoxy) is 1. The quantitative estimate of drug-likeness (QED) is 0.591. The first kappa shape index (κ1) is 22.4. The molecule has 2 fully saturated rings.